The number of nitrogens with one attached hydrogen (secondary N) is 1. The van der Waals surface area contributed by atoms with Crippen LogP contribution in [0.5, 0.6) is 0 Å². The van der Waals surface area contributed by atoms with Crippen molar-refractivity contribution in [3.8, 4) is 0 Å². The summed E-state index contributed by atoms with van der Waals surface area (Å²) in [6.45, 7) is 8.31. The average Bonchev–Trinajstić information content (AvgIpc) is 2.66. The molecule has 0 aliphatic heterocycles. The molecule has 20 heavy (non-hydrogen) atoms. The van der Waals surface area contributed by atoms with Crippen molar-refractivity contribution in [1.82, 2.24) is 25.1 Å². The molecule has 2 heterocycles. The zero-order chi connectivity index (χ0) is 14.5. The fourth-order valence-corrected chi connectivity index (χ4v) is 2.88. The number of nitrogens with zero attached hydrogens (tertiary/aromatic N) is 4. The molecule has 0 amide bonds. The van der Waals surface area contributed by atoms with Crippen molar-refractivity contribution in [2.45, 2.75) is 37.4 Å². The van der Waals surface area contributed by atoms with Crippen molar-refractivity contribution in [1.29, 1.82) is 0 Å². The molecule has 0 spiro atoms. The molecule has 0 fully saturated rings. The summed E-state index contributed by atoms with van der Waals surface area (Å²) in [5.74, 6) is 0.643. The number of aryl methyl sites for hydroxylation is 2. The van der Waals surface area contributed by atoms with E-state index in [1.165, 1.54) is 5.56 Å². The molecular weight excluding hydrogens is 270 g/mol. The molecule has 0 aliphatic rings. The minimum Gasteiger partial charge on any atom is -0.312 e. The summed E-state index contributed by atoms with van der Waals surface area (Å²) in [4.78, 5) is 8.21. The molecule has 0 aromatic carbocycles. The molecule has 5 nitrogen and oxygen atoms in total. The van der Waals surface area contributed by atoms with Gasteiger partial charge in [-0.25, -0.2) is 9.97 Å². The maximum absolute atomic E-state index is 4.52. The van der Waals surface area contributed by atoms with E-state index in [0.29, 0.717) is 5.92 Å². The van der Waals surface area contributed by atoms with Crippen LogP contribution in [0.1, 0.15) is 25.1 Å². The Hall–Kier alpha value is -1.40. The highest BCUT2D eigenvalue weighted by atomic mass is 32.2. The lowest BCUT2D eigenvalue weighted by molar-refractivity contribution is 0.548. The predicted octanol–water partition coefficient (Wildman–Crippen LogP) is 2.42. The molecule has 2 aromatic heterocycles. The highest BCUT2D eigenvalue weighted by Gasteiger charge is 2.14. The van der Waals surface area contributed by atoms with E-state index in [9.17, 15) is 0 Å². The van der Waals surface area contributed by atoms with E-state index in [2.05, 4.69) is 41.2 Å². The van der Waals surface area contributed by atoms with Gasteiger partial charge >= 0.3 is 0 Å². The van der Waals surface area contributed by atoms with Crippen molar-refractivity contribution in [3.05, 3.63) is 29.8 Å². The number of aromatic nitrogens is 4. The van der Waals surface area contributed by atoms with E-state index in [1.54, 1.807) is 24.3 Å². The van der Waals surface area contributed by atoms with Crippen LogP contribution >= 0.6 is 11.8 Å². The van der Waals surface area contributed by atoms with Crippen LogP contribution in [0.25, 0.3) is 0 Å². The van der Waals surface area contributed by atoms with Crippen LogP contribution < -0.4 is 5.32 Å². The van der Waals surface area contributed by atoms with Crippen molar-refractivity contribution in [2.24, 2.45) is 13.0 Å². The van der Waals surface area contributed by atoms with E-state index in [0.717, 1.165) is 28.8 Å². The Morgan fingerprint density at radius 1 is 1.40 bits per heavy atom. The van der Waals surface area contributed by atoms with E-state index >= 15 is 0 Å². The predicted molar refractivity (Wildman–Crippen MR) is 80.6 cm³/mol. The van der Waals surface area contributed by atoms with Gasteiger partial charge < -0.3 is 5.32 Å². The topological polar surface area (TPSA) is 55.6 Å². The largest absolute Gasteiger partial charge is 0.312 e. The molecule has 6 heteroatoms. The zero-order valence-corrected chi connectivity index (χ0v) is 13.2. The van der Waals surface area contributed by atoms with E-state index < -0.39 is 0 Å². The molecule has 0 bridgehead atoms. The molecule has 1 N–H and O–H groups in total. The number of hydrogen-bond donors (Lipinski definition) is 1. The van der Waals surface area contributed by atoms with Crippen LogP contribution in [0.3, 0.4) is 0 Å². The first kappa shape index (κ1) is 15.0. The Balaban J connectivity index is 2.15. The first-order valence-electron chi connectivity index (χ1n) is 6.75. The monoisotopic (exact) mass is 291 g/mol. The smallest absolute Gasteiger partial charge is 0.116 e. The highest BCUT2D eigenvalue weighted by Crippen LogP contribution is 2.29. The first-order chi connectivity index (χ1) is 9.58. The minimum absolute atomic E-state index is 0.643. The van der Waals surface area contributed by atoms with Crippen LogP contribution in [0.4, 0.5) is 0 Å². The Morgan fingerprint density at radius 2 is 2.20 bits per heavy atom. The Kier molecular flexibility index (Phi) is 5.14. The fraction of sp³-hybridized carbons (Fsp3) is 0.500. The first-order valence-corrected chi connectivity index (χ1v) is 7.56. The van der Waals surface area contributed by atoms with Crippen LogP contribution in [0.2, 0.25) is 0 Å². The maximum Gasteiger partial charge on any atom is 0.116 e. The second-order valence-corrected chi connectivity index (χ2v) is 6.18. The average molecular weight is 291 g/mol. The summed E-state index contributed by atoms with van der Waals surface area (Å²) < 4.78 is 1.93. The summed E-state index contributed by atoms with van der Waals surface area (Å²) in [5.41, 5.74) is 2.32. The SMILES string of the molecule is Cc1nn(C)c(Sc2ccncn2)c1CNCC(C)C. The lowest BCUT2D eigenvalue weighted by Gasteiger charge is -2.09. The fourth-order valence-electron chi connectivity index (χ4n) is 1.94. The molecule has 0 radical (unpaired) electrons. The van der Waals surface area contributed by atoms with Crippen LogP contribution in [-0.4, -0.2) is 26.3 Å². The molecule has 0 atom stereocenters. The standard InChI is InChI=1S/C14H21N5S/c1-10(2)7-16-8-12-11(3)18-19(4)14(12)20-13-5-6-15-9-17-13/h5-6,9-10,16H,7-8H2,1-4H3. The zero-order valence-electron chi connectivity index (χ0n) is 12.4. The molecule has 0 saturated carbocycles. The van der Waals surface area contributed by atoms with Crippen molar-refractivity contribution < 1.29 is 0 Å². The molecular formula is C14H21N5S. The van der Waals surface area contributed by atoms with Gasteiger partial charge in [0.1, 0.15) is 16.4 Å². The summed E-state index contributed by atoms with van der Waals surface area (Å²) in [7, 11) is 1.97. The lowest BCUT2D eigenvalue weighted by atomic mass is 10.2. The van der Waals surface area contributed by atoms with Gasteiger partial charge in [-0.2, -0.15) is 5.10 Å². The van der Waals surface area contributed by atoms with Gasteiger partial charge in [0.15, 0.2) is 0 Å². The van der Waals surface area contributed by atoms with E-state index in [-0.39, 0.29) is 0 Å². The van der Waals surface area contributed by atoms with Crippen molar-refractivity contribution in [2.75, 3.05) is 6.54 Å². The van der Waals surface area contributed by atoms with Crippen molar-refractivity contribution >= 4 is 11.8 Å². The minimum atomic E-state index is 0.643. The lowest BCUT2D eigenvalue weighted by Crippen LogP contribution is -2.19. The maximum atomic E-state index is 4.52. The van der Waals surface area contributed by atoms with Crippen LogP contribution in [-0.2, 0) is 13.6 Å². The number of hydrogen-bond acceptors (Lipinski definition) is 5. The van der Waals surface area contributed by atoms with Gasteiger partial charge in [0, 0.05) is 25.4 Å². The highest BCUT2D eigenvalue weighted by molar-refractivity contribution is 7.99. The number of rotatable bonds is 6. The van der Waals surface area contributed by atoms with Gasteiger partial charge in [0.05, 0.1) is 5.69 Å². The third kappa shape index (κ3) is 3.80. The van der Waals surface area contributed by atoms with Gasteiger partial charge in [0.2, 0.25) is 0 Å². The van der Waals surface area contributed by atoms with Gasteiger partial charge in [-0.3, -0.25) is 4.68 Å². The van der Waals surface area contributed by atoms with E-state index in [1.807, 2.05) is 17.8 Å². The van der Waals surface area contributed by atoms with Gasteiger partial charge in [-0.05, 0) is 37.2 Å². The van der Waals surface area contributed by atoms with Gasteiger partial charge in [-0.15, -0.1) is 0 Å². The summed E-state index contributed by atoms with van der Waals surface area (Å²) in [6, 6.07) is 1.92. The molecule has 0 aliphatic carbocycles. The molecule has 108 valence electrons. The van der Waals surface area contributed by atoms with Gasteiger partial charge in [-0.1, -0.05) is 13.8 Å². The second-order valence-electron chi connectivity index (χ2n) is 5.17. The molecule has 0 saturated heterocycles. The van der Waals surface area contributed by atoms with Crippen molar-refractivity contribution in [3.63, 3.8) is 0 Å². The summed E-state index contributed by atoms with van der Waals surface area (Å²) in [6.07, 6.45) is 3.33. The summed E-state index contributed by atoms with van der Waals surface area (Å²) >= 11 is 1.63. The van der Waals surface area contributed by atoms with Crippen LogP contribution in [0, 0.1) is 12.8 Å². The molecule has 2 aromatic rings. The second kappa shape index (κ2) is 6.85. The molecule has 0 unspecified atom stereocenters. The van der Waals surface area contributed by atoms with E-state index in [4.69, 9.17) is 0 Å². The quantitative estimate of drug-likeness (QED) is 0.828. The third-order valence-corrected chi connectivity index (χ3v) is 4.05. The Labute approximate surface area is 124 Å². The molecule has 2 rings (SSSR count). The third-order valence-electron chi connectivity index (χ3n) is 2.90. The van der Waals surface area contributed by atoms with Crippen LogP contribution in [0.15, 0.2) is 28.6 Å². The summed E-state index contributed by atoms with van der Waals surface area (Å²) in [5, 5.41) is 10.1. The normalized spacial score (nSPS) is 11.2. The Bertz CT molecular complexity index is 550. The Morgan fingerprint density at radius 3 is 2.85 bits per heavy atom. The van der Waals surface area contributed by atoms with Gasteiger partial charge in [0.25, 0.3) is 0 Å².